The van der Waals surface area contributed by atoms with Gasteiger partial charge in [0.05, 0.1) is 6.10 Å². The van der Waals surface area contributed by atoms with E-state index in [1.165, 1.54) is 25.7 Å². The van der Waals surface area contributed by atoms with Crippen LogP contribution in [0.4, 0.5) is 17.6 Å². The SMILES string of the molecule is CC1CCC(C2CCC(OC(F)C(F)(F)F)CC2)CC1. The Kier molecular flexibility index (Phi) is 5.32. The molecule has 2 rings (SSSR count). The van der Waals surface area contributed by atoms with Gasteiger partial charge in [0, 0.05) is 0 Å². The highest BCUT2D eigenvalue weighted by Crippen LogP contribution is 2.41. The average Bonchev–Trinajstić information content (AvgIpc) is 2.39. The largest absolute Gasteiger partial charge is 0.445 e. The second-order valence-electron chi connectivity index (χ2n) is 6.55. The Morgan fingerprint density at radius 3 is 1.75 bits per heavy atom. The molecule has 0 radical (unpaired) electrons. The number of hydrogen-bond acceptors (Lipinski definition) is 1. The van der Waals surface area contributed by atoms with E-state index in [1.807, 2.05) is 0 Å². The summed E-state index contributed by atoms with van der Waals surface area (Å²) >= 11 is 0. The van der Waals surface area contributed by atoms with Gasteiger partial charge in [0.1, 0.15) is 0 Å². The van der Waals surface area contributed by atoms with E-state index < -0.39 is 18.6 Å². The number of halogens is 4. The Morgan fingerprint density at radius 1 is 0.850 bits per heavy atom. The molecular weight excluding hydrogens is 272 g/mol. The van der Waals surface area contributed by atoms with E-state index in [1.54, 1.807) is 0 Å². The highest BCUT2D eigenvalue weighted by molar-refractivity contribution is 4.81. The topological polar surface area (TPSA) is 9.23 Å². The first kappa shape index (κ1) is 16.1. The summed E-state index contributed by atoms with van der Waals surface area (Å²) < 4.78 is 53.7. The van der Waals surface area contributed by atoms with Crippen LogP contribution in [0.3, 0.4) is 0 Å². The lowest BCUT2D eigenvalue weighted by Gasteiger charge is -2.37. The maximum Gasteiger partial charge on any atom is 0.445 e. The van der Waals surface area contributed by atoms with Crippen LogP contribution in [0, 0.1) is 17.8 Å². The molecule has 0 saturated heterocycles. The predicted octanol–water partition coefficient (Wildman–Crippen LogP) is 5.25. The number of ether oxygens (including phenoxy) is 1. The summed E-state index contributed by atoms with van der Waals surface area (Å²) in [6.45, 7) is 2.28. The molecule has 1 nitrogen and oxygen atoms in total. The average molecular weight is 296 g/mol. The van der Waals surface area contributed by atoms with Gasteiger partial charge < -0.3 is 4.74 Å². The van der Waals surface area contributed by atoms with Crippen LogP contribution < -0.4 is 0 Å². The first-order valence-electron chi connectivity index (χ1n) is 7.72. The van der Waals surface area contributed by atoms with Gasteiger partial charge in [-0.1, -0.05) is 19.8 Å². The van der Waals surface area contributed by atoms with E-state index in [-0.39, 0.29) is 0 Å². The molecule has 2 aliphatic carbocycles. The highest BCUT2D eigenvalue weighted by atomic mass is 19.4. The zero-order chi connectivity index (χ0) is 14.8. The summed E-state index contributed by atoms with van der Waals surface area (Å²) in [4.78, 5) is 0. The second-order valence-corrected chi connectivity index (χ2v) is 6.55. The minimum absolute atomic E-state index is 0.563. The van der Waals surface area contributed by atoms with Crippen molar-refractivity contribution in [3.05, 3.63) is 0 Å². The van der Waals surface area contributed by atoms with Crippen LogP contribution in [0.25, 0.3) is 0 Å². The third-order valence-electron chi connectivity index (χ3n) is 5.02. The third-order valence-corrected chi connectivity index (χ3v) is 5.02. The zero-order valence-electron chi connectivity index (χ0n) is 12.0. The Labute approximate surface area is 118 Å². The number of alkyl halides is 4. The molecule has 0 aromatic carbocycles. The van der Waals surface area contributed by atoms with Crippen LogP contribution in [-0.4, -0.2) is 18.6 Å². The smallest absolute Gasteiger partial charge is 0.338 e. The monoisotopic (exact) mass is 296 g/mol. The van der Waals surface area contributed by atoms with Gasteiger partial charge in [-0.05, 0) is 56.3 Å². The van der Waals surface area contributed by atoms with Gasteiger partial charge in [-0.2, -0.15) is 13.2 Å². The lowest BCUT2D eigenvalue weighted by molar-refractivity contribution is -0.280. The summed E-state index contributed by atoms with van der Waals surface area (Å²) in [5.74, 6) is 2.13. The van der Waals surface area contributed by atoms with Gasteiger partial charge >= 0.3 is 6.18 Å². The second kappa shape index (κ2) is 6.63. The van der Waals surface area contributed by atoms with Crippen LogP contribution in [-0.2, 0) is 4.74 Å². The Bertz CT molecular complexity index is 289. The van der Waals surface area contributed by atoms with Crippen LogP contribution >= 0.6 is 0 Å². The van der Waals surface area contributed by atoms with Gasteiger partial charge in [-0.3, -0.25) is 0 Å². The van der Waals surface area contributed by atoms with Crippen molar-refractivity contribution in [2.75, 3.05) is 0 Å². The molecule has 0 heterocycles. The Balaban J connectivity index is 1.72. The molecule has 20 heavy (non-hydrogen) atoms. The molecule has 0 bridgehead atoms. The van der Waals surface area contributed by atoms with E-state index in [0.29, 0.717) is 18.8 Å². The van der Waals surface area contributed by atoms with Crippen LogP contribution in [0.1, 0.15) is 58.3 Å². The van der Waals surface area contributed by atoms with Crippen molar-refractivity contribution in [1.29, 1.82) is 0 Å². The van der Waals surface area contributed by atoms with Crippen LogP contribution in [0.15, 0.2) is 0 Å². The molecule has 0 aromatic rings. The molecule has 0 aliphatic heterocycles. The fourth-order valence-corrected chi connectivity index (χ4v) is 3.70. The maximum absolute atomic E-state index is 12.8. The van der Waals surface area contributed by atoms with E-state index in [4.69, 9.17) is 0 Å². The maximum atomic E-state index is 12.8. The van der Waals surface area contributed by atoms with Gasteiger partial charge in [-0.15, -0.1) is 0 Å². The molecule has 1 unspecified atom stereocenters. The van der Waals surface area contributed by atoms with Crippen molar-refractivity contribution in [2.24, 2.45) is 17.8 Å². The third kappa shape index (κ3) is 4.34. The van der Waals surface area contributed by atoms with E-state index in [0.717, 1.165) is 24.7 Å². The van der Waals surface area contributed by atoms with E-state index in [2.05, 4.69) is 11.7 Å². The normalized spacial score (nSPS) is 37.6. The van der Waals surface area contributed by atoms with Gasteiger partial charge in [0.25, 0.3) is 6.36 Å². The van der Waals surface area contributed by atoms with E-state index in [9.17, 15) is 17.6 Å². The molecule has 0 aromatic heterocycles. The zero-order valence-corrected chi connectivity index (χ0v) is 12.0. The minimum atomic E-state index is -4.89. The predicted molar refractivity (Wildman–Crippen MR) is 68.9 cm³/mol. The Hall–Kier alpha value is -0.320. The lowest BCUT2D eigenvalue weighted by atomic mass is 9.71. The molecular formula is C15H24F4O. The standard InChI is InChI=1S/C15H24F4O/c1-10-2-4-11(5-3-10)12-6-8-13(9-7-12)20-14(16)15(17,18)19/h10-14H,2-9H2,1H3. The molecule has 118 valence electrons. The van der Waals surface area contributed by atoms with Crippen molar-refractivity contribution in [3.8, 4) is 0 Å². The molecule has 2 aliphatic rings. The van der Waals surface area contributed by atoms with Crippen molar-refractivity contribution in [2.45, 2.75) is 76.9 Å². The molecule has 2 saturated carbocycles. The summed E-state index contributed by atoms with van der Waals surface area (Å²) in [5.41, 5.74) is 0. The molecule has 2 fully saturated rings. The lowest BCUT2D eigenvalue weighted by Crippen LogP contribution is -2.34. The number of rotatable bonds is 3. The number of hydrogen-bond donors (Lipinski definition) is 0. The van der Waals surface area contributed by atoms with Crippen molar-refractivity contribution in [1.82, 2.24) is 0 Å². The van der Waals surface area contributed by atoms with E-state index >= 15 is 0 Å². The fraction of sp³-hybridized carbons (Fsp3) is 1.00. The highest BCUT2D eigenvalue weighted by Gasteiger charge is 2.43. The van der Waals surface area contributed by atoms with Crippen LogP contribution in [0.5, 0.6) is 0 Å². The van der Waals surface area contributed by atoms with Gasteiger partial charge in [0.2, 0.25) is 0 Å². The van der Waals surface area contributed by atoms with Gasteiger partial charge in [-0.25, -0.2) is 4.39 Å². The summed E-state index contributed by atoms with van der Waals surface area (Å²) in [6.07, 6.45) is -0.676. The molecule has 0 N–H and O–H groups in total. The summed E-state index contributed by atoms with van der Waals surface area (Å²) in [7, 11) is 0. The Morgan fingerprint density at radius 2 is 1.30 bits per heavy atom. The van der Waals surface area contributed by atoms with Crippen molar-refractivity contribution >= 4 is 0 Å². The molecule has 1 atom stereocenters. The summed E-state index contributed by atoms with van der Waals surface area (Å²) in [5, 5.41) is 0. The van der Waals surface area contributed by atoms with Crippen LogP contribution in [0.2, 0.25) is 0 Å². The quantitative estimate of drug-likeness (QED) is 0.647. The fourth-order valence-electron chi connectivity index (χ4n) is 3.70. The first-order valence-corrected chi connectivity index (χ1v) is 7.72. The van der Waals surface area contributed by atoms with Gasteiger partial charge in [0.15, 0.2) is 0 Å². The molecule has 0 amide bonds. The molecule has 5 heteroatoms. The minimum Gasteiger partial charge on any atom is -0.338 e. The molecule has 0 spiro atoms. The summed E-state index contributed by atoms with van der Waals surface area (Å²) in [6, 6.07) is 0. The van der Waals surface area contributed by atoms with Crippen molar-refractivity contribution < 1.29 is 22.3 Å². The van der Waals surface area contributed by atoms with Crippen molar-refractivity contribution in [3.63, 3.8) is 0 Å². The first-order chi connectivity index (χ1) is 9.36.